The fourth-order valence-corrected chi connectivity index (χ4v) is 1.91. The largest absolute Gasteiger partial charge is 0.444 e. The van der Waals surface area contributed by atoms with E-state index in [1.807, 2.05) is 0 Å². The molecular formula is C15H13BrN2O3. The first-order valence-corrected chi connectivity index (χ1v) is 6.95. The lowest BCUT2D eigenvalue weighted by Gasteiger charge is -2.05. The molecule has 0 fully saturated rings. The monoisotopic (exact) mass is 348 g/mol. The van der Waals surface area contributed by atoms with E-state index in [4.69, 9.17) is 4.42 Å². The molecule has 0 unspecified atom stereocenters. The van der Waals surface area contributed by atoms with E-state index in [0.29, 0.717) is 22.5 Å². The van der Waals surface area contributed by atoms with Crippen molar-refractivity contribution in [2.45, 2.75) is 0 Å². The Bertz CT molecular complexity index is 662. The lowest BCUT2D eigenvalue weighted by molar-refractivity contribution is 0.0957. The van der Waals surface area contributed by atoms with Crippen LogP contribution in [0.15, 0.2) is 58.1 Å². The summed E-state index contributed by atoms with van der Waals surface area (Å²) in [6.45, 7) is 3.94. The molecule has 0 bridgehead atoms. The molecule has 0 aliphatic carbocycles. The van der Waals surface area contributed by atoms with Gasteiger partial charge in [-0.1, -0.05) is 6.08 Å². The molecule has 5 nitrogen and oxygen atoms in total. The SMILES string of the molecule is C=CCNC(=O)c1ccc(NC(=O)c2ccc(Br)o2)cc1. The number of carbonyl (C=O) groups excluding carboxylic acids is 2. The van der Waals surface area contributed by atoms with Crippen LogP contribution in [0, 0.1) is 0 Å². The van der Waals surface area contributed by atoms with Gasteiger partial charge >= 0.3 is 0 Å². The van der Waals surface area contributed by atoms with Gasteiger partial charge in [-0.3, -0.25) is 9.59 Å². The molecule has 2 aromatic rings. The van der Waals surface area contributed by atoms with Crippen LogP contribution < -0.4 is 10.6 Å². The van der Waals surface area contributed by atoms with E-state index in [-0.39, 0.29) is 17.6 Å². The third-order valence-corrected chi connectivity index (χ3v) is 3.04. The van der Waals surface area contributed by atoms with Crippen LogP contribution >= 0.6 is 15.9 Å². The van der Waals surface area contributed by atoms with E-state index in [1.54, 1.807) is 42.5 Å². The Labute approximate surface area is 130 Å². The summed E-state index contributed by atoms with van der Waals surface area (Å²) < 4.78 is 5.64. The molecule has 0 spiro atoms. The maximum Gasteiger partial charge on any atom is 0.291 e. The van der Waals surface area contributed by atoms with Gasteiger partial charge in [0.05, 0.1) is 0 Å². The number of anilines is 1. The molecule has 21 heavy (non-hydrogen) atoms. The number of furan rings is 1. The number of amides is 2. The minimum absolute atomic E-state index is 0.192. The molecule has 6 heteroatoms. The molecule has 108 valence electrons. The molecule has 0 atom stereocenters. The van der Waals surface area contributed by atoms with Crippen molar-refractivity contribution in [2.24, 2.45) is 0 Å². The summed E-state index contributed by atoms with van der Waals surface area (Å²) >= 11 is 3.13. The van der Waals surface area contributed by atoms with Crippen molar-refractivity contribution in [3.05, 3.63) is 65.0 Å². The molecule has 0 aliphatic rings. The van der Waals surface area contributed by atoms with Crippen molar-refractivity contribution in [2.75, 3.05) is 11.9 Å². The number of nitrogens with one attached hydrogen (secondary N) is 2. The quantitative estimate of drug-likeness (QED) is 0.815. The fraction of sp³-hybridized carbons (Fsp3) is 0.0667. The minimum Gasteiger partial charge on any atom is -0.444 e. The van der Waals surface area contributed by atoms with Crippen LogP contribution in [-0.2, 0) is 0 Å². The third-order valence-electron chi connectivity index (χ3n) is 2.61. The Morgan fingerprint density at radius 2 is 1.86 bits per heavy atom. The van der Waals surface area contributed by atoms with Crippen molar-refractivity contribution >= 4 is 33.4 Å². The van der Waals surface area contributed by atoms with Gasteiger partial charge in [-0.2, -0.15) is 0 Å². The fourth-order valence-electron chi connectivity index (χ4n) is 1.60. The van der Waals surface area contributed by atoms with Gasteiger partial charge < -0.3 is 15.1 Å². The molecule has 2 N–H and O–H groups in total. The maximum atomic E-state index is 11.9. The maximum absolute atomic E-state index is 11.9. The van der Waals surface area contributed by atoms with E-state index < -0.39 is 0 Å². The summed E-state index contributed by atoms with van der Waals surface area (Å²) in [5.74, 6) is -0.345. The van der Waals surface area contributed by atoms with E-state index >= 15 is 0 Å². The van der Waals surface area contributed by atoms with Crippen molar-refractivity contribution in [1.29, 1.82) is 0 Å². The van der Waals surface area contributed by atoms with Gasteiger partial charge in [-0.05, 0) is 52.3 Å². The number of benzene rings is 1. The highest BCUT2D eigenvalue weighted by Gasteiger charge is 2.11. The smallest absolute Gasteiger partial charge is 0.291 e. The zero-order valence-corrected chi connectivity index (χ0v) is 12.6. The number of carbonyl (C=O) groups is 2. The van der Waals surface area contributed by atoms with Gasteiger partial charge in [0.1, 0.15) is 0 Å². The Hall–Kier alpha value is -2.34. The summed E-state index contributed by atoms with van der Waals surface area (Å²) in [7, 11) is 0. The first-order valence-electron chi connectivity index (χ1n) is 6.16. The molecule has 1 aromatic carbocycles. The van der Waals surface area contributed by atoms with Crippen LogP contribution in [0.2, 0.25) is 0 Å². The number of hydrogen-bond acceptors (Lipinski definition) is 3. The standard InChI is InChI=1S/C15H13BrN2O3/c1-2-9-17-14(19)10-3-5-11(6-4-10)18-15(20)12-7-8-13(16)21-12/h2-8H,1,9H2,(H,17,19)(H,18,20). The Morgan fingerprint density at radius 3 is 2.43 bits per heavy atom. The lowest BCUT2D eigenvalue weighted by atomic mass is 10.2. The van der Waals surface area contributed by atoms with E-state index in [9.17, 15) is 9.59 Å². The van der Waals surface area contributed by atoms with E-state index in [0.717, 1.165) is 0 Å². The second kappa shape index (κ2) is 6.90. The van der Waals surface area contributed by atoms with Gasteiger partial charge in [-0.15, -0.1) is 6.58 Å². The van der Waals surface area contributed by atoms with Gasteiger partial charge in [0, 0.05) is 17.8 Å². The summed E-state index contributed by atoms with van der Waals surface area (Å²) in [5, 5.41) is 5.35. The van der Waals surface area contributed by atoms with Gasteiger partial charge in [0.2, 0.25) is 0 Å². The number of halogens is 1. The first kappa shape index (κ1) is 15.1. The Morgan fingerprint density at radius 1 is 1.14 bits per heavy atom. The highest BCUT2D eigenvalue weighted by atomic mass is 79.9. The molecule has 0 saturated carbocycles. The van der Waals surface area contributed by atoms with E-state index in [2.05, 4.69) is 33.1 Å². The van der Waals surface area contributed by atoms with E-state index in [1.165, 1.54) is 0 Å². The van der Waals surface area contributed by atoms with Gasteiger partial charge in [0.25, 0.3) is 11.8 Å². The average molecular weight is 349 g/mol. The van der Waals surface area contributed by atoms with Gasteiger partial charge in [0.15, 0.2) is 10.4 Å². The van der Waals surface area contributed by atoms with Crippen LogP contribution in [-0.4, -0.2) is 18.4 Å². The predicted octanol–water partition coefficient (Wildman–Crippen LogP) is 3.21. The molecule has 2 amide bonds. The zero-order chi connectivity index (χ0) is 15.2. The highest BCUT2D eigenvalue weighted by Crippen LogP contribution is 2.16. The molecule has 1 heterocycles. The summed E-state index contributed by atoms with van der Waals surface area (Å²) in [6.07, 6.45) is 1.61. The van der Waals surface area contributed by atoms with Crippen LogP contribution in [0.25, 0.3) is 0 Å². The molecular weight excluding hydrogens is 336 g/mol. The van der Waals surface area contributed by atoms with Crippen LogP contribution in [0.1, 0.15) is 20.9 Å². The Kier molecular flexibility index (Phi) is 4.94. The number of hydrogen-bond donors (Lipinski definition) is 2. The molecule has 0 saturated heterocycles. The van der Waals surface area contributed by atoms with Crippen LogP contribution in [0.5, 0.6) is 0 Å². The minimum atomic E-state index is -0.357. The molecule has 1 aromatic heterocycles. The Balaban J connectivity index is 2.00. The summed E-state index contributed by atoms with van der Waals surface area (Å²) in [6, 6.07) is 9.77. The average Bonchev–Trinajstić information content (AvgIpc) is 2.92. The predicted molar refractivity (Wildman–Crippen MR) is 83.3 cm³/mol. The van der Waals surface area contributed by atoms with Crippen molar-refractivity contribution in [3.8, 4) is 0 Å². The normalized spacial score (nSPS) is 9.95. The molecule has 0 aliphatic heterocycles. The molecule has 0 radical (unpaired) electrons. The molecule has 2 rings (SSSR count). The second-order valence-electron chi connectivity index (χ2n) is 4.13. The van der Waals surface area contributed by atoms with Crippen molar-refractivity contribution in [3.63, 3.8) is 0 Å². The van der Waals surface area contributed by atoms with Crippen molar-refractivity contribution in [1.82, 2.24) is 5.32 Å². The van der Waals surface area contributed by atoms with Gasteiger partial charge in [-0.25, -0.2) is 0 Å². The number of rotatable bonds is 5. The van der Waals surface area contributed by atoms with Crippen LogP contribution in [0.4, 0.5) is 5.69 Å². The second-order valence-corrected chi connectivity index (χ2v) is 4.92. The third kappa shape index (κ3) is 4.06. The lowest BCUT2D eigenvalue weighted by Crippen LogP contribution is -2.23. The van der Waals surface area contributed by atoms with Crippen LogP contribution in [0.3, 0.4) is 0 Å². The summed E-state index contributed by atoms with van der Waals surface area (Å²) in [4.78, 5) is 23.6. The van der Waals surface area contributed by atoms with Crippen molar-refractivity contribution < 1.29 is 14.0 Å². The zero-order valence-electron chi connectivity index (χ0n) is 11.1. The topological polar surface area (TPSA) is 71.3 Å². The highest BCUT2D eigenvalue weighted by molar-refractivity contribution is 9.10. The first-order chi connectivity index (χ1) is 10.1. The summed E-state index contributed by atoms with van der Waals surface area (Å²) in [5.41, 5.74) is 1.09.